The zero-order chi connectivity index (χ0) is 15.6. The van der Waals surface area contributed by atoms with Crippen molar-refractivity contribution in [3.8, 4) is 5.75 Å². The summed E-state index contributed by atoms with van der Waals surface area (Å²) in [5.41, 5.74) is 1.33. The van der Waals surface area contributed by atoms with Crippen molar-refractivity contribution in [2.75, 3.05) is 38.2 Å². The Morgan fingerprint density at radius 1 is 1.22 bits per heavy atom. The van der Waals surface area contributed by atoms with Gasteiger partial charge in [-0.2, -0.15) is 0 Å². The molecule has 1 aromatic carbocycles. The van der Waals surface area contributed by atoms with Crippen LogP contribution in [0.5, 0.6) is 5.75 Å². The lowest BCUT2D eigenvalue weighted by Crippen LogP contribution is -2.30. The van der Waals surface area contributed by atoms with Gasteiger partial charge in [-0.3, -0.25) is 4.79 Å². The van der Waals surface area contributed by atoms with E-state index in [1.54, 1.807) is 0 Å². The molecule has 0 spiro atoms. The molecule has 1 saturated heterocycles. The van der Waals surface area contributed by atoms with Gasteiger partial charge in [0.1, 0.15) is 5.75 Å². The van der Waals surface area contributed by atoms with Crippen molar-refractivity contribution >= 4 is 41.8 Å². The van der Waals surface area contributed by atoms with Gasteiger partial charge in [-0.05, 0) is 55.6 Å². The molecule has 0 aliphatic carbocycles. The number of amides is 1. The fraction of sp³-hybridized carbons (Fsp3) is 0.562. The smallest absolute Gasteiger partial charge is 0.257 e. The van der Waals surface area contributed by atoms with E-state index in [1.165, 1.54) is 23.5 Å². The first-order valence-electron chi connectivity index (χ1n) is 7.67. The normalized spacial score (nSPS) is 14.8. The average Bonchev–Trinajstić information content (AvgIpc) is 2.58. The van der Waals surface area contributed by atoms with E-state index in [-0.39, 0.29) is 24.9 Å². The summed E-state index contributed by atoms with van der Waals surface area (Å²) >= 11 is 4.01. The van der Waals surface area contributed by atoms with Gasteiger partial charge in [0.2, 0.25) is 0 Å². The maximum Gasteiger partial charge on any atom is 0.257 e. The zero-order valence-corrected chi connectivity index (χ0v) is 15.8. The van der Waals surface area contributed by atoms with Crippen molar-refractivity contribution in [2.24, 2.45) is 0 Å². The second-order valence-electron chi connectivity index (χ2n) is 5.09. The monoisotopic (exact) mass is 376 g/mol. The number of hydrogen-bond donors (Lipinski definition) is 2. The van der Waals surface area contributed by atoms with Crippen LogP contribution in [0.1, 0.15) is 23.0 Å². The maximum atomic E-state index is 11.6. The Hall–Kier alpha value is -0.560. The molecule has 1 aliphatic rings. The highest BCUT2D eigenvalue weighted by Gasteiger charge is 2.16. The Kier molecular flexibility index (Phi) is 10.6. The molecule has 1 amide bonds. The molecule has 0 unspecified atom stereocenters. The van der Waals surface area contributed by atoms with Crippen LogP contribution in [0.25, 0.3) is 0 Å². The van der Waals surface area contributed by atoms with Gasteiger partial charge in [0, 0.05) is 6.54 Å². The summed E-state index contributed by atoms with van der Waals surface area (Å²) in [6.45, 7) is 1.66. The number of thioether (sulfide) groups is 2. The van der Waals surface area contributed by atoms with E-state index in [9.17, 15) is 4.79 Å². The molecular weight excluding hydrogens is 352 g/mol. The molecule has 23 heavy (non-hydrogen) atoms. The van der Waals surface area contributed by atoms with Crippen LogP contribution in [0, 0.1) is 0 Å². The van der Waals surface area contributed by atoms with Crippen molar-refractivity contribution in [3.63, 3.8) is 0 Å². The number of benzene rings is 1. The largest absolute Gasteiger partial charge is 0.484 e. The summed E-state index contributed by atoms with van der Waals surface area (Å²) in [7, 11) is 1.90. The molecule has 1 heterocycles. The van der Waals surface area contributed by atoms with E-state index in [0.29, 0.717) is 11.1 Å². The Morgan fingerprint density at radius 3 is 2.57 bits per heavy atom. The predicted octanol–water partition coefficient (Wildman–Crippen LogP) is 3.08. The number of nitrogens with one attached hydrogen (secondary N) is 2. The Balaban J connectivity index is 0.00000264. The van der Waals surface area contributed by atoms with E-state index >= 15 is 0 Å². The zero-order valence-electron chi connectivity index (χ0n) is 13.4. The number of hydrogen-bond acceptors (Lipinski definition) is 5. The van der Waals surface area contributed by atoms with Crippen LogP contribution < -0.4 is 15.4 Å². The molecule has 0 radical (unpaired) electrons. The molecule has 2 rings (SSSR count). The van der Waals surface area contributed by atoms with Gasteiger partial charge in [-0.15, -0.1) is 35.9 Å². The van der Waals surface area contributed by atoms with E-state index in [1.807, 2.05) is 42.7 Å². The van der Waals surface area contributed by atoms with Crippen molar-refractivity contribution in [2.45, 2.75) is 17.4 Å². The van der Waals surface area contributed by atoms with Gasteiger partial charge >= 0.3 is 0 Å². The highest BCUT2D eigenvalue weighted by atomic mass is 35.5. The molecule has 4 nitrogen and oxygen atoms in total. The summed E-state index contributed by atoms with van der Waals surface area (Å²) in [6.07, 6.45) is 2.23. The topological polar surface area (TPSA) is 50.4 Å². The van der Waals surface area contributed by atoms with Crippen molar-refractivity contribution in [1.82, 2.24) is 10.6 Å². The number of ether oxygens (including phenoxy) is 1. The van der Waals surface area contributed by atoms with E-state index in [0.717, 1.165) is 18.7 Å². The minimum atomic E-state index is -0.0708. The minimum Gasteiger partial charge on any atom is -0.484 e. The Labute approximate surface area is 153 Å². The second kappa shape index (κ2) is 11.9. The molecular formula is C16H25ClN2O2S2. The first-order valence-corrected chi connectivity index (χ1v) is 9.76. The lowest BCUT2D eigenvalue weighted by Gasteiger charge is -2.21. The quantitative estimate of drug-likeness (QED) is 0.683. The molecule has 2 N–H and O–H groups in total. The molecule has 1 aliphatic heterocycles. The molecule has 0 atom stereocenters. The summed E-state index contributed by atoms with van der Waals surface area (Å²) in [5, 5.41) is 5.89. The van der Waals surface area contributed by atoms with Crippen LogP contribution in [-0.4, -0.2) is 44.2 Å². The summed E-state index contributed by atoms with van der Waals surface area (Å²) in [4.78, 5) is 11.6. The standard InChI is InChI=1S/C16H24N2O2S2.ClH/c1-17-8-2-9-18-15(19)12-20-14-6-4-13(5-7-14)16-21-10-3-11-22-16;/h4-7,16-17H,2-3,8-12H2,1H3,(H,18,19);1H. The third-order valence-corrected chi connectivity index (χ3v) is 6.29. The predicted molar refractivity (Wildman–Crippen MR) is 103 cm³/mol. The number of carbonyl (C=O) groups is 1. The molecule has 0 bridgehead atoms. The van der Waals surface area contributed by atoms with Gasteiger partial charge in [0.15, 0.2) is 6.61 Å². The van der Waals surface area contributed by atoms with Crippen LogP contribution in [0.4, 0.5) is 0 Å². The molecule has 0 saturated carbocycles. The average molecular weight is 377 g/mol. The van der Waals surface area contributed by atoms with E-state index in [2.05, 4.69) is 22.8 Å². The molecule has 7 heteroatoms. The second-order valence-corrected chi connectivity index (χ2v) is 7.82. The van der Waals surface area contributed by atoms with Gasteiger partial charge < -0.3 is 15.4 Å². The lowest BCUT2D eigenvalue weighted by molar-refractivity contribution is -0.123. The molecule has 0 aromatic heterocycles. The Bertz CT molecular complexity index is 454. The van der Waals surface area contributed by atoms with Crippen molar-refractivity contribution in [1.29, 1.82) is 0 Å². The Morgan fingerprint density at radius 2 is 1.91 bits per heavy atom. The SMILES string of the molecule is CNCCCNC(=O)COc1ccc(C2SCCCS2)cc1.Cl. The first-order chi connectivity index (χ1) is 10.8. The summed E-state index contributed by atoms with van der Waals surface area (Å²) in [5.74, 6) is 3.16. The van der Waals surface area contributed by atoms with Gasteiger partial charge in [-0.1, -0.05) is 12.1 Å². The molecule has 1 fully saturated rings. The van der Waals surface area contributed by atoms with E-state index < -0.39 is 0 Å². The minimum absolute atomic E-state index is 0. The summed E-state index contributed by atoms with van der Waals surface area (Å²) in [6, 6.07) is 8.13. The van der Waals surface area contributed by atoms with Crippen LogP contribution in [-0.2, 0) is 4.79 Å². The highest BCUT2D eigenvalue weighted by Crippen LogP contribution is 2.43. The molecule has 1 aromatic rings. The number of rotatable bonds is 8. The fourth-order valence-electron chi connectivity index (χ4n) is 2.09. The van der Waals surface area contributed by atoms with Gasteiger partial charge in [0.25, 0.3) is 5.91 Å². The maximum absolute atomic E-state index is 11.6. The van der Waals surface area contributed by atoms with Crippen molar-refractivity contribution in [3.05, 3.63) is 29.8 Å². The third kappa shape index (κ3) is 7.70. The van der Waals surface area contributed by atoms with Crippen LogP contribution >= 0.6 is 35.9 Å². The summed E-state index contributed by atoms with van der Waals surface area (Å²) < 4.78 is 6.07. The lowest BCUT2D eigenvalue weighted by atomic mass is 10.2. The van der Waals surface area contributed by atoms with E-state index in [4.69, 9.17) is 4.74 Å². The van der Waals surface area contributed by atoms with Gasteiger partial charge in [0.05, 0.1) is 4.58 Å². The van der Waals surface area contributed by atoms with Gasteiger partial charge in [-0.25, -0.2) is 0 Å². The number of halogens is 1. The van der Waals surface area contributed by atoms with Crippen LogP contribution in [0.15, 0.2) is 24.3 Å². The molecule has 130 valence electrons. The first kappa shape index (κ1) is 20.5. The highest BCUT2D eigenvalue weighted by molar-refractivity contribution is 8.16. The van der Waals surface area contributed by atoms with Crippen LogP contribution in [0.3, 0.4) is 0 Å². The fourth-order valence-corrected chi connectivity index (χ4v) is 4.99. The third-order valence-electron chi connectivity index (χ3n) is 3.28. The number of carbonyl (C=O) groups excluding carboxylic acids is 1. The van der Waals surface area contributed by atoms with Crippen LogP contribution in [0.2, 0.25) is 0 Å². The van der Waals surface area contributed by atoms with Crippen molar-refractivity contribution < 1.29 is 9.53 Å².